The molecule has 0 saturated heterocycles. The monoisotopic (exact) mass is 383 g/mol. The topological polar surface area (TPSA) is 30.5 Å². The van der Waals surface area contributed by atoms with Gasteiger partial charge in [0.05, 0.1) is 25.9 Å². The van der Waals surface area contributed by atoms with E-state index in [1.54, 1.807) is 14.2 Å². The fraction of sp³-hybridized carbons (Fsp3) is 0.154. The zero-order valence-corrected chi connectivity index (χ0v) is 16.8. The summed E-state index contributed by atoms with van der Waals surface area (Å²) in [6.45, 7) is 0. The summed E-state index contributed by atoms with van der Waals surface area (Å²) in [5, 5.41) is 6.22. The zero-order valence-electron chi connectivity index (χ0n) is 16.8. The van der Waals surface area contributed by atoms with Crippen molar-refractivity contribution in [2.45, 2.75) is 12.5 Å². The van der Waals surface area contributed by atoms with E-state index in [2.05, 4.69) is 78.1 Å². The lowest BCUT2D eigenvalue weighted by Crippen LogP contribution is -2.15. The van der Waals surface area contributed by atoms with Gasteiger partial charge in [-0.3, -0.25) is 0 Å². The molecule has 0 aliphatic carbocycles. The Morgan fingerprint density at radius 1 is 0.759 bits per heavy atom. The van der Waals surface area contributed by atoms with Crippen molar-refractivity contribution in [2.75, 3.05) is 19.5 Å². The number of rotatable bonds is 7. The van der Waals surface area contributed by atoms with Gasteiger partial charge >= 0.3 is 0 Å². The number of ether oxygens (including phenoxy) is 2. The van der Waals surface area contributed by atoms with E-state index in [9.17, 15) is 0 Å². The Hall–Kier alpha value is -3.46. The molecule has 4 aromatic carbocycles. The molecular weight excluding hydrogens is 358 g/mol. The summed E-state index contributed by atoms with van der Waals surface area (Å²) in [5.41, 5.74) is 3.46. The third kappa shape index (κ3) is 4.19. The van der Waals surface area contributed by atoms with Crippen LogP contribution in [0.4, 0.5) is 5.69 Å². The minimum Gasteiger partial charge on any atom is -0.497 e. The first kappa shape index (κ1) is 18.9. The third-order valence-electron chi connectivity index (χ3n) is 5.22. The molecule has 4 aromatic rings. The Balaban J connectivity index is 1.79. The summed E-state index contributed by atoms with van der Waals surface area (Å²) >= 11 is 0. The standard InChI is InChI=1S/C26H25NO2/c1-28-21-15-16-26(29-2)25(18-21)27-24(17-19-9-4-3-5-10-19)23-14-8-12-20-11-6-7-13-22(20)23/h3-16,18,24,27H,17H2,1-2H3. The van der Waals surface area contributed by atoms with Crippen LogP contribution in [0.25, 0.3) is 10.8 Å². The van der Waals surface area contributed by atoms with Crippen LogP contribution in [0.15, 0.2) is 91.0 Å². The SMILES string of the molecule is COc1ccc(OC)c(NC(Cc2ccccc2)c2cccc3ccccc23)c1. The lowest BCUT2D eigenvalue weighted by Gasteiger charge is -2.24. The average Bonchev–Trinajstić information content (AvgIpc) is 2.79. The van der Waals surface area contributed by atoms with Crippen LogP contribution < -0.4 is 14.8 Å². The first-order valence-electron chi connectivity index (χ1n) is 9.78. The van der Waals surface area contributed by atoms with Crippen molar-refractivity contribution in [1.29, 1.82) is 0 Å². The number of anilines is 1. The van der Waals surface area contributed by atoms with Gasteiger partial charge in [0.1, 0.15) is 11.5 Å². The number of benzene rings is 4. The molecule has 0 fully saturated rings. The second-order valence-corrected chi connectivity index (χ2v) is 7.02. The van der Waals surface area contributed by atoms with Crippen LogP contribution >= 0.6 is 0 Å². The Bertz CT molecular complexity index is 1090. The van der Waals surface area contributed by atoms with E-state index in [0.717, 1.165) is 23.6 Å². The molecule has 1 N–H and O–H groups in total. The second-order valence-electron chi connectivity index (χ2n) is 7.02. The van der Waals surface area contributed by atoms with Crippen molar-refractivity contribution < 1.29 is 9.47 Å². The van der Waals surface area contributed by atoms with Crippen LogP contribution in [-0.2, 0) is 6.42 Å². The van der Waals surface area contributed by atoms with Crippen molar-refractivity contribution in [3.63, 3.8) is 0 Å². The molecule has 146 valence electrons. The number of hydrogen-bond acceptors (Lipinski definition) is 3. The molecule has 3 nitrogen and oxygen atoms in total. The lowest BCUT2D eigenvalue weighted by atomic mass is 9.93. The van der Waals surface area contributed by atoms with E-state index in [1.807, 2.05) is 18.2 Å². The van der Waals surface area contributed by atoms with Gasteiger partial charge in [-0.15, -0.1) is 0 Å². The van der Waals surface area contributed by atoms with Crippen molar-refractivity contribution in [3.05, 3.63) is 102 Å². The third-order valence-corrected chi connectivity index (χ3v) is 5.22. The largest absolute Gasteiger partial charge is 0.497 e. The van der Waals surface area contributed by atoms with Gasteiger partial charge in [0.15, 0.2) is 0 Å². The highest BCUT2D eigenvalue weighted by Crippen LogP contribution is 2.35. The van der Waals surface area contributed by atoms with Crippen LogP contribution in [0.1, 0.15) is 17.2 Å². The highest BCUT2D eigenvalue weighted by molar-refractivity contribution is 5.86. The lowest BCUT2D eigenvalue weighted by molar-refractivity contribution is 0.404. The average molecular weight is 383 g/mol. The van der Waals surface area contributed by atoms with Gasteiger partial charge in [-0.1, -0.05) is 72.8 Å². The van der Waals surface area contributed by atoms with E-state index in [1.165, 1.54) is 21.9 Å². The summed E-state index contributed by atoms with van der Waals surface area (Å²) < 4.78 is 11.0. The van der Waals surface area contributed by atoms with Crippen LogP contribution in [0, 0.1) is 0 Å². The van der Waals surface area contributed by atoms with Crippen LogP contribution in [0.3, 0.4) is 0 Å². The van der Waals surface area contributed by atoms with Gasteiger partial charge in [-0.2, -0.15) is 0 Å². The first-order chi connectivity index (χ1) is 14.3. The van der Waals surface area contributed by atoms with Crippen molar-refractivity contribution in [3.8, 4) is 11.5 Å². The Morgan fingerprint density at radius 2 is 1.52 bits per heavy atom. The molecule has 0 spiro atoms. The van der Waals surface area contributed by atoms with Gasteiger partial charge in [0.25, 0.3) is 0 Å². The molecule has 0 saturated carbocycles. The molecule has 1 atom stereocenters. The van der Waals surface area contributed by atoms with Gasteiger partial charge in [-0.05, 0) is 40.5 Å². The van der Waals surface area contributed by atoms with Crippen molar-refractivity contribution in [1.82, 2.24) is 0 Å². The molecule has 29 heavy (non-hydrogen) atoms. The number of fused-ring (bicyclic) bond motifs is 1. The number of hydrogen-bond donors (Lipinski definition) is 1. The smallest absolute Gasteiger partial charge is 0.142 e. The fourth-order valence-electron chi connectivity index (χ4n) is 3.76. The van der Waals surface area contributed by atoms with Gasteiger partial charge in [-0.25, -0.2) is 0 Å². The molecule has 1 unspecified atom stereocenters. The Labute approximate surface area is 171 Å². The number of methoxy groups -OCH3 is 2. The summed E-state index contributed by atoms with van der Waals surface area (Å²) in [4.78, 5) is 0. The van der Waals surface area contributed by atoms with E-state index in [-0.39, 0.29) is 6.04 Å². The van der Waals surface area contributed by atoms with Crippen LogP contribution in [0.5, 0.6) is 11.5 Å². The number of nitrogens with one attached hydrogen (secondary N) is 1. The van der Waals surface area contributed by atoms with Crippen LogP contribution in [0.2, 0.25) is 0 Å². The fourth-order valence-corrected chi connectivity index (χ4v) is 3.76. The minimum absolute atomic E-state index is 0.0736. The molecule has 0 amide bonds. The molecule has 3 heteroatoms. The van der Waals surface area contributed by atoms with Crippen molar-refractivity contribution >= 4 is 16.5 Å². The summed E-state index contributed by atoms with van der Waals surface area (Å²) in [5.74, 6) is 1.59. The molecule has 0 heterocycles. The normalized spacial score (nSPS) is 11.8. The predicted octanol–water partition coefficient (Wildman–Crippen LogP) is 6.25. The highest BCUT2D eigenvalue weighted by Gasteiger charge is 2.17. The van der Waals surface area contributed by atoms with Crippen molar-refractivity contribution in [2.24, 2.45) is 0 Å². The molecule has 0 radical (unpaired) electrons. The highest BCUT2D eigenvalue weighted by atomic mass is 16.5. The maximum absolute atomic E-state index is 5.60. The van der Waals surface area contributed by atoms with Gasteiger partial charge in [0.2, 0.25) is 0 Å². The second kappa shape index (κ2) is 8.70. The van der Waals surface area contributed by atoms with Gasteiger partial charge in [0, 0.05) is 6.07 Å². The summed E-state index contributed by atoms with van der Waals surface area (Å²) in [6, 6.07) is 31.5. The molecule has 0 aromatic heterocycles. The predicted molar refractivity (Wildman–Crippen MR) is 120 cm³/mol. The zero-order chi connectivity index (χ0) is 20.1. The molecular formula is C26H25NO2. The molecule has 4 rings (SSSR count). The summed E-state index contributed by atoms with van der Waals surface area (Å²) in [7, 11) is 3.37. The molecule has 0 bridgehead atoms. The maximum Gasteiger partial charge on any atom is 0.142 e. The minimum atomic E-state index is 0.0736. The van der Waals surface area contributed by atoms with E-state index in [4.69, 9.17) is 9.47 Å². The maximum atomic E-state index is 5.60. The van der Waals surface area contributed by atoms with Crippen LogP contribution in [-0.4, -0.2) is 14.2 Å². The van der Waals surface area contributed by atoms with E-state index >= 15 is 0 Å². The summed E-state index contributed by atoms with van der Waals surface area (Å²) in [6.07, 6.45) is 0.856. The van der Waals surface area contributed by atoms with Gasteiger partial charge < -0.3 is 14.8 Å². The quantitative estimate of drug-likeness (QED) is 0.409. The molecule has 0 aliphatic rings. The Kier molecular flexibility index (Phi) is 5.66. The Morgan fingerprint density at radius 3 is 2.31 bits per heavy atom. The van der Waals surface area contributed by atoms with E-state index in [0.29, 0.717) is 0 Å². The first-order valence-corrected chi connectivity index (χ1v) is 9.78. The molecule has 0 aliphatic heterocycles. The van der Waals surface area contributed by atoms with E-state index < -0.39 is 0 Å².